The third-order valence-corrected chi connectivity index (χ3v) is 4.54. The molecule has 1 fully saturated rings. The first-order valence-electron chi connectivity index (χ1n) is 7.37. The number of hydrogen-bond acceptors (Lipinski definition) is 3. The fourth-order valence-electron chi connectivity index (χ4n) is 3.03. The number of fused-ring (bicyclic) bond motifs is 1. The van der Waals surface area contributed by atoms with E-state index >= 15 is 0 Å². The highest BCUT2D eigenvalue weighted by Gasteiger charge is 2.41. The van der Waals surface area contributed by atoms with Gasteiger partial charge in [0.2, 0.25) is 0 Å². The number of ether oxygens (including phenoxy) is 1. The van der Waals surface area contributed by atoms with Crippen molar-refractivity contribution in [3.05, 3.63) is 29.3 Å². The van der Waals surface area contributed by atoms with Crippen LogP contribution in [-0.2, 0) is 17.7 Å². The van der Waals surface area contributed by atoms with Crippen molar-refractivity contribution in [2.45, 2.75) is 32.2 Å². The molecule has 0 aromatic heterocycles. The second kappa shape index (κ2) is 5.51. The van der Waals surface area contributed by atoms with Crippen LogP contribution in [0.1, 0.15) is 30.4 Å². The summed E-state index contributed by atoms with van der Waals surface area (Å²) in [7, 11) is 1.79. The van der Waals surface area contributed by atoms with Gasteiger partial charge in [-0.15, -0.1) is 0 Å². The third kappa shape index (κ3) is 2.93. The fraction of sp³-hybridized carbons (Fsp3) is 0.625. The Labute approximate surface area is 115 Å². The number of anilines is 1. The Morgan fingerprint density at radius 1 is 1.37 bits per heavy atom. The van der Waals surface area contributed by atoms with Crippen LogP contribution in [0.2, 0.25) is 0 Å². The lowest BCUT2D eigenvalue weighted by molar-refractivity contribution is 0.171. The first-order valence-corrected chi connectivity index (χ1v) is 7.37. The van der Waals surface area contributed by atoms with Crippen LogP contribution in [0.25, 0.3) is 0 Å². The van der Waals surface area contributed by atoms with Crippen LogP contribution in [0.4, 0.5) is 5.69 Å². The van der Waals surface area contributed by atoms with E-state index in [9.17, 15) is 0 Å². The summed E-state index contributed by atoms with van der Waals surface area (Å²) in [5, 5.41) is 7.15. The Balaban J connectivity index is 1.52. The average Bonchev–Trinajstić information content (AvgIpc) is 3.02. The number of nitrogens with one attached hydrogen (secondary N) is 2. The molecule has 0 spiro atoms. The van der Waals surface area contributed by atoms with Gasteiger partial charge in [-0.2, -0.15) is 0 Å². The Morgan fingerprint density at radius 2 is 2.26 bits per heavy atom. The minimum atomic E-state index is 0.529. The Bertz CT molecular complexity index is 440. The summed E-state index contributed by atoms with van der Waals surface area (Å²) < 4.78 is 5.21. The van der Waals surface area contributed by atoms with Gasteiger partial charge in [0.05, 0.1) is 0 Å². The van der Waals surface area contributed by atoms with Gasteiger partial charge in [0.15, 0.2) is 0 Å². The summed E-state index contributed by atoms with van der Waals surface area (Å²) in [6.07, 6.45) is 5.08. The molecule has 104 valence electrons. The van der Waals surface area contributed by atoms with Gasteiger partial charge in [-0.05, 0) is 42.2 Å². The normalized spacial score (nSPS) is 19.0. The number of rotatable bonds is 7. The number of para-hydroxylation sites is 1. The lowest BCUT2D eigenvalue weighted by Crippen LogP contribution is -2.25. The molecule has 2 aliphatic rings. The molecule has 0 bridgehead atoms. The van der Waals surface area contributed by atoms with E-state index in [1.807, 2.05) is 0 Å². The summed E-state index contributed by atoms with van der Waals surface area (Å²) >= 11 is 0. The summed E-state index contributed by atoms with van der Waals surface area (Å²) in [4.78, 5) is 0. The zero-order chi connectivity index (χ0) is 13.1. The molecule has 3 heteroatoms. The number of methoxy groups -OCH3 is 1. The van der Waals surface area contributed by atoms with Crippen molar-refractivity contribution in [3.8, 4) is 0 Å². The molecule has 3 nitrogen and oxygen atoms in total. The van der Waals surface area contributed by atoms with Crippen molar-refractivity contribution in [2.75, 3.05) is 32.1 Å². The summed E-state index contributed by atoms with van der Waals surface area (Å²) in [6, 6.07) is 6.65. The molecule has 0 amide bonds. The molecule has 1 heterocycles. The van der Waals surface area contributed by atoms with Crippen LogP contribution in [0.15, 0.2) is 18.2 Å². The van der Waals surface area contributed by atoms with Crippen molar-refractivity contribution in [1.29, 1.82) is 0 Å². The van der Waals surface area contributed by atoms with Crippen LogP contribution in [0.3, 0.4) is 0 Å². The van der Waals surface area contributed by atoms with Crippen LogP contribution in [0, 0.1) is 5.41 Å². The highest BCUT2D eigenvalue weighted by atomic mass is 16.5. The van der Waals surface area contributed by atoms with E-state index in [0.29, 0.717) is 5.41 Å². The maximum atomic E-state index is 5.21. The van der Waals surface area contributed by atoms with E-state index in [4.69, 9.17) is 4.74 Å². The minimum Gasteiger partial charge on any atom is -0.385 e. The predicted octanol–water partition coefficient (Wildman–Crippen LogP) is 2.56. The molecule has 0 atom stereocenters. The highest BCUT2D eigenvalue weighted by molar-refractivity contribution is 5.61. The molecule has 1 aromatic carbocycles. The van der Waals surface area contributed by atoms with E-state index < -0.39 is 0 Å². The van der Waals surface area contributed by atoms with E-state index in [1.54, 1.807) is 7.11 Å². The van der Waals surface area contributed by atoms with Gasteiger partial charge in [0.25, 0.3) is 0 Å². The topological polar surface area (TPSA) is 33.3 Å². The van der Waals surface area contributed by atoms with Crippen molar-refractivity contribution >= 4 is 5.69 Å². The molecule has 0 radical (unpaired) electrons. The number of hydrogen-bond donors (Lipinski definition) is 2. The first kappa shape index (κ1) is 12.9. The summed E-state index contributed by atoms with van der Waals surface area (Å²) in [6.45, 7) is 4.08. The smallest absolute Gasteiger partial charge is 0.0468 e. The van der Waals surface area contributed by atoms with Gasteiger partial charge in [-0.3, -0.25) is 0 Å². The van der Waals surface area contributed by atoms with Crippen LogP contribution in [-0.4, -0.2) is 26.8 Å². The first-order chi connectivity index (χ1) is 9.33. The lowest BCUT2D eigenvalue weighted by Gasteiger charge is -2.16. The standard InChI is InChI=1S/C16H24N2O/c1-19-10-8-16(6-7-16)12-17-11-14-4-2-3-13-5-9-18-15(13)14/h2-4,17-18H,5-12H2,1H3. The van der Waals surface area contributed by atoms with Crippen LogP contribution in [0.5, 0.6) is 0 Å². The van der Waals surface area contributed by atoms with Gasteiger partial charge in [-0.1, -0.05) is 18.2 Å². The molecule has 19 heavy (non-hydrogen) atoms. The maximum absolute atomic E-state index is 5.21. The van der Waals surface area contributed by atoms with Crippen molar-refractivity contribution in [2.24, 2.45) is 5.41 Å². The summed E-state index contributed by atoms with van der Waals surface area (Å²) in [5.74, 6) is 0. The monoisotopic (exact) mass is 260 g/mol. The highest BCUT2D eigenvalue weighted by Crippen LogP contribution is 2.48. The van der Waals surface area contributed by atoms with E-state index in [-0.39, 0.29) is 0 Å². The van der Waals surface area contributed by atoms with Gasteiger partial charge in [0.1, 0.15) is 0 Å². The van der Waals surface area contributed by atoms with Gasteiger partial charge >= 0.3 is 0 Å². The molecule has 1 aliphatic heterocycles. The number of benzene rings is 1. The van der Waals surface area contributed by atoms with Gasteiger partial charge in [0, 0.05) is 39.0 Å². The Hall–Kier alpha value is -1.06. The van der Waals surface area contributed by atoms with Crippen LogP contribution >= 0.6 is 0 Å². The van der Waals surface area contributed by atoms with Crippen molar-refractivity contribution in [3.63, 3.8) is 0 Å². The molecular formula is C16H24N2O. The molecule has 1 saturated carbocycles. The zero-order valence-electron chi connectivity index (χ0n) is 11.8. The lowest BCUT2D eigenvalue weighted by atomic mass is 10.0. The van der Waals surface area contributed by atoms with E-state index in [1.165, 1.54) is 42.5 Å². The SMILES string of the molecule is COCCC1(CNCc2cccc3c2NCC3)CC1. The van der Waals surface area contributed by atoms with Crippen LogP contribution < -0.4 is 10.6 Å². The predicted molar refractivity (Wildman–Crippen MR) is 78.5 cm³/mol. The quantitative estimate of drug-likeness (QED) is 0.790. The van der Waals surface area contributed by atoms with Gasteiger partial charge < -0.3 is 15.4 Å². The molecule has 3 rings (SSSR count). The molecular weight excluding hydrogens is 236 g/mol. The second-order valence-electron chi connectivity index (χ2n) is 5.97. The van der Waals surface area contributed by atoms with Gasteiger partial charge in [-0.25, -0.2) is 0 Å². The molecule has 0 unspecified atom stereocenters. The minimum absolute atomic E-state index is 0.529. The molecule has 1 aromatic rings. The van der Waals surface area contributed by atoms with Crippen molar-refractivity contribution in [1.82, 2.24) is 5.32 Å². The zero-order valence-corrected chi connectivity index (χ0v) is 11.8. The second-order valence-corrected chi connectivity index (χ2v) is 5.97. The summed E-state index contributed by atoms with van der Waals surface area (Å²) in [5.41, 5.74) is 4.79. The third-order valence-electron chi connectivity index (χ3n) is 4.54. The largest absolute Gasteiger partial charge is 0.385 e. The Kier molecular flexibility index (Phi) is 3.76. The van der Waals surface area contributed by atoms with Crippen molar-refractivity contribution < 1.29 is 4.74 Å². The molecule has 2 N–H and O–H groups in total. The maximum Gasteiger partial charge on any atom is 0.0468 e. The molecule has 0 saturated heterocycles. The fourth-order valence-corrected chi connectivity index (χ4v) is 3.03. The van der Waals surface area contributed by atoms with E-state index in [0.717, 1.165) is 26.2 Å². The molecule has 1 aliphatic carbocycles. The van der Waals surface area contributed by atoms with E-state index in [2.05, 4.69) is 28.8 Å². The average molecular weight is 260 g/mol. The Morgan fingerprint density at radius 3 is 3.05 bits per heavy atom.